The summed E-state index contributed by atoms with van der Waals surface area (Å²) in [5.74, 6) is -0.696. The number of ketones is 1. The van der Waals surface area contributed by atoms with Crippen LogP contribution in [0.5, 0.6) is 0 Å². The summed E-state index contributed by atoms with van der Waals surface area (Å²) >= 11 is 0. The van der Waals surface area contributed by atoms with Gasteiger partial charge in [-0.05, 0) is 44.7 Å². The molecular formula is C27H35NO5. The van der Waals surface area contributed by atoms with E-state index in [0.717, 1.165) is 11.1 Å². The Morgan fingerprint density at radius 1 is 0.848 bits per heavy atom. The molecule has 0 saturated carbocycles. The third-order valence-corrected chi connectivity index (χ3v) is 4.90. The Morgan fingerprint density at radius 3 is 2.06 bits per heavy atom. The van der Waals surface area contributed by atoms with Crippen LogP contribution >= 0.6 is 0 Å². The number of hydrogen-bond donors (Lipinski definition) is 1. The van der Waals surface area contributed by atoms with Gasteiger partial charge in [-0.15, -0.1) is 0 Å². The fourth-order valence-electron chi connectivity index (χ4n) is 3.23. The lowest BCUT2D eigenvalue weighted by atomic mass is 10.1. The zero-order valence-electron chi connectivity index (χ0n) is 19.8. The highest BCUT2D eigenvalue weighted by Crippen LogP contribution is 2.12. The van der Waals surface area contributed by atoms with Crippen molar-refractivity contribution >= 4 is 17.7 Å². The maximum absolute atomic E-state index is 12.7. The third kappa shape index (κ3) is 11.4. The van der Waals surface area contributed by atoms with Gasteiger partial charge < -0.3 is 14.8 Å². The van der Waals surface area contributed by atoms with E-state index in [1.807, 2.05) is 60.7 Å². The predicted molar refractivity (Wildman–Crippen MR) is 127 cm³/mol. The largest absolute Gasteiger partial charge is 0.460 e. The molecule has 0 fully saturated rings. The molecule has 2 aromatic rings. The summed E-state index contributed by atoms with van der Waals surface area (Å²) in [7, 11) is 0. The standard InChI is InChI=1S/C27H35NO5/c1-27(2,3)33-25(30)17-16-24(26(31)32-20-22-12-8-5-9-13-22)28-19-18-23(29)15-14-21-10-6-4-7-11-21/h4-13,24,28H,14-20H2,1-3H3/t24-/m1/s1. The second-order valence-corrected chi connectivity index (χ2v) is 9.00. The predicted octanol–water partition coefficient (Wildman–Crippen LogP) is 4.40. The van der Waals surface area contributed by atoms with E-state index < -0.39 is 17.6 Å². The summed E-state index contributed by atoms with van der Waals surface area (Å²) in [6, 6.07) is 18.6. The monoisotopic (exact) mass is 453 g/mol. The highest BCUT2D eigenvalue weighted by Gasteiger charge is 2.23. The van der Waals surface area contributed by atoms with Gasteiger partial charge in [0, 0.05) is 25.8 Å². The van der Waals surface area contributed by atoms with E-state index >= 15 is 0 Å². The summed E-state index contributed by atoms with van der Waals surface area (Å²) in [5.41, 5.74) is 1.42. The van der Waals surface area contributed by atoms with E-state index in [2.05, 4.69) is 5.32 Å². The Bertz CT molecular complexity index is 874. The molecule has 2 aromatic carbocycles. The average molecular weight is 454 g/mol. The number of rotatable bonds is 13. The van der Waals surface area contributed by atoms with Crippen molar-refractivity contribution in [2.75, 3.05) is 6.54 Å². The van der Waals surface area contributed by atoms with Crippen LogP contribution in [-0.2, 0) is 36.9 Å². The number of nitrogens with one attached hydrogen (secondary N) is 1. The number of ether oxygens (including phenoxy) is 2. The normalized spacial score (nSPS) is 12.1. The van der Waals surface area contributed by atoms with Gasteiger partial charge in [0.05, 0.1) is 0 Å². The summed E-state index contributed by atoms with van der Waals surface area (Å²) in [4.78, 5) is 37.1. The first-order chi connectivity index (χ1) is 15.7. The molecule has 2 rings (SSSR count). The van der Waals surface area contributed by atoms with Crippen LogP contribution in [0.1, 0.15) is 57.6 Å². The fourth-order valence-corrected chi connectivity index (χ4v) is 3.23. The van der Waals surface area contributed by atoms with Gasteiger partial charge in [0.2, 0.25) is 0 Å². The van der Waals surface area contributed by atoms with Crippen molar-refractivity contribution in [3.8, 4) is 0 Å². The Kier molecular flexibility index (Phi) is 10.8. The summed E-state index contributed by atoms with van der Waals surface area (Å²) < 4.78 is 10.8. The number of esters is 2. The SMILES string of the molecule is CC(C)(C)OC(=O)CC[C@@H](NCCC(=O)CCc1ccccc1)C(=O)OCc1ccccc1. The van der Waals surface area contributed by atoms with Crippen LogP contribution in [0.4, 0.5) is 0 Å². The molecule has 0 aliphatic heterocycles. The molecule has 6 nitrogen and oxygen atoms in total. The maximum atomic E-state index is 12.7. The molecule has 178 valence electrons. The van der Waals surface area contributed by atoms with Gasteiger partial charge in [-0.25, -0.2) is 0 Å². The van der Waals surface area contributed by atoms with Crippen LogP contribution in [-0.4, -0.2) is 35.9 Å². The second kappa shape index (κ2) is 13.5. The first-order valence-corrected chi connectivity index (χ1v) is 11.4. The number of hydrogen-bond acceptors (Lipinski definition) is 6. The molecular weight excluding hydrogens is 418 g/mol. The minimum Gasteiger partial charge on any atom is -0.460 e. The molecule has 0 aliphatic rings. The Labute approximate surface area is 196 Å². The molecule has 0 spiro atoms. The van der Waals surface area contributed by atoms with Crippen molar-refractivity contribution in [3.63, 3.8) is 0 Å². The molecule has 1 N–H and O–H groups in total. The van der Waals surface area contributed by atoms with Gasteiger partial charge in [0.1, 0.15) is 24.0 Å². The fraction of sp³-hybridized carbons (Fsp3) is 0.444. The van der Waals surface area contributed by atoms with Crippen molar-refractivity contribution in [1.82, 2.24) is 5.32 Å². The molecule has 0 radical (unpaired) electrons. The maximum Gasteiger partial charge on any atom is 0.323 e. The molecule has 0 unspecified atom stereocenters. The number of benzene rings is 2. The number of aryl methyl sites for hydroxylation is 1. The van der Waals surface area contributed by atoms with E-state index in [4.69, 9.17) is 9.47 Å². The Hall–Kier alpha value is -2.99. The Morgan fingerprint density at radius 2 is 1.45 bits per heavy atom. The lowest BCUT2D eigenvalue weighted by Gasteiger charge is -2.21. The first-order valence-electron chi connectivity index (χ1n) is 11.4. The molecule has 0 heterocycles. The van der Waals surface area contributed by atoms with Crippen molar-refractivity contribution in [1.29, 1.82) is 0 Å². The first kappa shape index (κ1) is 26.3. The van der Waals surface area contributed by atoms with Crippen LogP contribution < -0.4 is 5.32 Å². The zero-order valence-corrected chi connectivity index (χ0v) is 19.8. The van der Waals surface area contributed by atoms with Crippen LogP contribution in [0.3, 0.4) is 0 Å². The molecule has 0 saturated heterocycles. The molecule has 0 aliphatic carbocycles. The van der Waals surface area contributed by atoms with Gasteiger partial charge in [-0.1, -0.05) is 60.7 Å². The lowest BCUT2D eigenvalue weighted by Crippen LogP contribution is -2.40. The molecule has 6 heteroatoms. The van der Waals surface area contributed by atoms with Crippen molar-refractivity contribution in [3.05, 3.63) is 71.8 Å². The minimum atomic E-state index is -0.692. The summed E-state index contributed by atoms with van der Waals surface area (Å²) in [5, 5.41) is 3.10. The molecule has 33 heavy (non-hydrogen) atoms. The van der Waals surface area contributed by atoms with Crippen LogP contribution in [0.2, 0.25) is 0 Å². The van der Waals surface area contributed by atoms with E-state index in [9.17, 15) is 14.4 Å². The molecule has 0 bridgehead atoms. The summed E-state index contributed by atoms with van der Waals surface area (Å²) in [6.07, 6.45) is 1.77. The van der Waals surface area contributed by atoms with Gasteiger partial charge >= 0.3 is 11.9 Å². The van der Waals surface area contributed by atoms with Crippen molar-refractivity contribution < 1.29 is 23.9 Å². The molecule has 1 atom stereocenters. The van der Waals surface area contributed by atoms with Crippen molar-refractivity contribution in [2.45, 2.75) is 71.1 Å². The third-order valence-electron chi connectivity index (χ3n) is 4.90. The van der Waals surface area contributed by atoms with E-state index in [0.29, 0.717) is 25.8 Å². The van der Waals surface area contributed by atoms with E-state index in [1.165, 1.54) is 0 Å². The van der Waals surface area contributed by atoms with Gasteiger partial charge in [0.25, 0.3) is 0 Å². The highest BCUT2D eigenvalue weighted by atomic mass is 16.6. The topological polar surface area (TPSA) is 81.7 Å². The molecule has 0 amide bonds. The van der Waals surface area contributed by atoms with Gasteiger partial charge in [0.15, 0.2) is 0 Å². The quantitative estimate of drug-likeness (QED) is 0.453. The summed E-state index contributed by atoms with van der Waals surface area (Å²) in [6.45, 7) is 5.90. The van der Waals surface area contributed by atoms with Crippen LogP contribution in [0.25, 0.3) is 0 Å². The number of Topliss-reactive ketones (excluding diaryl/α,β-unsaturated/α-hetero) is 1. The zero-order chi connectivity index (χ0) is 24.1. The van der Waals surface area contributed by atoms with Crippen LogP contribution in [0, 0.1) is 0 Å². The second-order valence-electron chi connectivity index (χ2n) is 9.00. The van der Waals surface area contributed by atoms with Crippen LogP contribution in [0.15, 0.2) is 60.7 Å². The lowest BCUT2D eigenvalue weighted by molar-refractivity contribution is -0.155. The smallest absolute Gasteiger partial charge is 0.323 e. The van der Waals surface area contributed by atoms with E-state index in [-0.39, 0.29) is 31.2 Å². The Balaban J connectivity index is 1.84. The molecule has 0 aromatic heterocycles. The van der Waals surface area contributed by atoms with E-state index in [1.54, 1.807) is 20.8 Å². The van der Waals surface area contributed by atoms with Gasteiger partial charge in [-0.3, -0.25) is 14.4 Å². The number of carbonyl (C=O) groups is 3. The van der Waals surface area contributed by atoms with Crippen molar-refractivity contribution in [2.24, 2.45) is 0 Å². The minimum absolute atomic E-state index is 0.0807. The highest BCUT2D eigenvalue weighted by molar-refractivity contribution is 5.79. The average Bonchev–Trinajstić information content (AvgIpc) is 2.78. The van der Waals surface area contributed by atoms with Gasteiger partial charge in [-0.2, -0.15) is 0 Å². The number of carbonyl (C=O) groups excluding carboxylic acids is 3.